The van der Waals surface area contributed by atoms with Gasteiger partial charge in [-0.25, -0.2) is 18.6 Å². The Hall–Kier alpha value is -2.24. The normalized spacial score (nSPS) is 10.4. The highest BCUT2D eigenvalue weighted by Crippen LogP contribution is 2.28. The van der Waals surface area contributed by atoms with Gasteiger partial charge in [0.1, 0.15) is 17.4 Å². The van der Waals surface area contributed by atoms with Gasteiger partial charge in [-0.1, -0.05) is 0 Å². The Morgan fingerprint density at radius 3 is 2.56 bits per heavy atom. The number of rotatable bonds is 2. The van der Waals surface area contributed by atoms with E-state index in [0.29, 0.717) is 0 Å². The van der Waals surface area contributed by atoms with E-state index in [4.69, 9.17) is 4.74 Å². The van der Waals surface area contributed by atoms with Gasteiger partial charge >= 0.3 is 5.97 Å². The van der Waals surface area contributed by atoms with E-state index in [9.17, 15) is 13.6 Å². The number of hydrogen-bond acceptors (Lipinski definition) is 4. The van der Waals surface area contributed by atoms with E-state index in [0.717, 1.165) is 12.1 Å². The van der Waals surface area contributed by atoms with Crippen molar-refractivity contribution in [3.05, 3.63) is 35.5 Å². The molecule has 0 unspecified atom stereocenters. The van der Waals surface area contributed by atoms with Crippen LogP contribution in [0.15, 0.2) is 18.2 Å². The Balaban J connectivity index is 2.79. The second-order valence-corrected chi connectivity index (χ2v) is 3.48. The molecule has 0 N–H and O–H groups in total. The molecule has 94 valence electrons. The molecule has 0 amide bonds. The third-order valence-corrected chi connectivity index (χ3v) is 2.40. The molecule has 0 saturated carbocycles. The van der Waals surface area contributed by atoms with Gasteiger partial charge in [0.05, 0.1) is 25.1 Å². The van der Waals surface area contributed by atoms with Gasteiger partial charge in [-0.05, 0) is 0 Å². The quantitative estimate of drug-likeness (QED) is 0.770. The zero-order valence-electron chi connectivity index (χ0n) is 9.66. The SMILES string of the molecule is COC(=O)c1cc(OC)c2c(F)cc(F)cc2n1. The lowest BCUT2D eigenvalue weighted by Gasteiger charge is -2.08. The van der Waals surface area contributed by atoms with E-state index in [2.05, 4.69) is 9.72 Å². The first kappa shape index (κ1) is 12.2. The van der Waals surface area contributed by atoms with Crippen LogP contribution < -0.4 is 4.74 Å². The molecule has 2 rings (SSSR count). The molecule has 0 aliphatic heterocycles. The van der Waals surface area contributed by atoms with E-state index in [-0.39, 0.29) is 22.3 Å². The van der Waals surface area contributed by atoms with Crippen LogP contribution in [-0.2, 0) is 4.74 Å². The molecule has 0 atom stereocenters. The molecule has 0 radical (unpaired) electrons. The van der Waals surface area contributed by atoms with Crippen molar-refractivity contribution < 1.29 is 23.0 Å². The molecule has 0 aliphatic carbocycles. The molecule has 2 aromatic rings. The van der Waals surface area contributed by atoms with E-state index < -0.39 is 17.6 Å². The van der Waals surface area contributed by atoms with Crippen molar-refractivity contribution >= 4 is 16.9 Å². The first-order chi connectivity index (χ1) is 8.56. The van der Waals surface area contributed by atoms with Crippen molar-refractivity contribution in [1.82, 2.24) is 4.98 Å². The van der Waals surface area contributed by atoms with Crippen LogP contribution in [0.2, 0.25) is 0 Å². The highest BCUT2D eigenvalue weighted by Gasteiger charge is 2.16. The van der Waals surface area contributed by atoms with Crippen molar-refractivity contribution in [2.24, 2.45) is 0 Å². The van der Waals surface area contributed by atoms with Gasteiger partial charge in [0.25, 0.3) is 0 Å². The number of carbonyl (C=O) groups excluding carboxylic acids is 1. The average Bonchev–Trinajstić information content (AvgIpc) is 2.35. The van der Waals surface area contributed by atoms with Crippen molar-refractivity contribution in [2.45, 2.75) is 0 Å². The molecule has 4 nitrogen and oxygen atoms in total. The topological polar surface area (TPSA) is 48.4 Å². The van der Waals surface area contributed by atoms with Gasteiger partial charge in [-0.2, -0.15) is 0 Å². The number of nitrogens with zero attached hydrogens (tertiary/aromatic N) is 1. The van der Waals surface area contributed by atoms with Crippen LogP contribution >= 0.6 is 0 Å². The van der Waals surface area contributed by atoms with Crippen LogP contribution in [0.4, 0.5) is 8.78 Å². The van der Waals surface area contributed by atoms with Crippen molar-refractivity contribution in [3.63, 3.8) is 0 Å². The van der Waals surface area contributed by atoms with Crippen LogP contribution in [0.3, 0.4) is 0 Å². The largest absolute Gasteiger partial charge is 0.496 e. The van der Waals surface area contributed by atoms with Gasteiger partial charge < -0.3 is 9.47 Å². The highest BCUT2D eigenvalue weighted by atomic mass is 19.1. The molecule has 1 aromatic heterocycles. The number of fused-ring (bicyclic) bond motifs is 1. The summed E-state index contributed by atoms with van der Waals surface area (Å²) in [4.78, 5) is 15.2. The summed E-state index contributed by atoms with van der Waals surface area (Å²) in [6.07, 6.45) is 0. The van der Waals surface area contributed by atoms with Crippen LogP contribution in [-0.4, -0.2) is 25.2 Å². The molecule has 6 heteroatoms. The Morgan fingerprint density at radius 1 is 1.22 bits per heavy atom. The fraction of sp³-hybridized carbons (Fsp3) is 0.167. The number of methoxy groups -OCH3 is 2. The van der Waals surface area contributed by atoms with Crippen molar-refractivity contribution in [1.29, 1.82) is 0 Å². The molecule has 0 spiro atoms. The lowest BCUT2D eigenvalue weighted by Crippen LogP contribution is -2.05. The van der Waals surface area contributed by atoms with Gasteiger partial charge in [0.2, 0.25) is 0 Å². The molecule has 0 fully saturated rings. The van der Waals surface area contributed by atoms with E-state index in [1.807, 2.05) is 0 Å². The number of pyridine rings is 1. The predicted octanol–water partition coefficient (Wildman–Crippen LogP) is 2.31. The van der Waals surface area contributed by atoms with E-state index in [1.54, 1.807) is 0 Å². The minimum absolute atomic E-state index is 0.00718. The maximum atomic E-state index is 13.6. The summed E-state index contributed by atoms with van der Waals surface area (Å²) in [5, 5.41) is 0.0200. The molecule has 0 bridgehead atoms. The summed E-state index contributed by atoms with van der Waals surface area (Å²) < 4.78 is 36.2. The summed E-state index contributed by atoms with van der Waals surface area (Å²) in [6.45, 7) is 0. The lowest BCUT2D eigenvalue weighted by molar-refractivity contribution is 0.0594. The predicted molar refractivity (Wildman–Crippen MR) is 59.6 cm³/mol. The number of ether oxygens (including phenoxy) is 2. The molecule has 1 heterocycles. The maximum absolute atomic E-state index is 13.6. The second kappa shape index (κ2) is 4.56. The number of carbonyl (C=O) groups is 1. The van der Waals surface area contributed by atoms with E-state index in [1.165, 1.54) is 20.3 Å². The maximum Gasteiger partial charge on any atom is 0.356 e. The second-order valence-electron chi connectivity index (χ2n) is 3.48. The Bertz CT molecular complexity index is 628. The third kappa shape index (κ3) is 1.97. The zero-order valence-corrected chi connectivity index (χ0v) is 9.66. The molecule has 0 aliphatic rings. The Labute approximate surface area is 101 Å². The number of halogens is 2. The van der Waals surface area contributed by atoms with Gasteiger partial charge in [0, 0.05) is 18.2 Å². The minimum Gasteiger partial charge on any atom is -0.496 e. The summed E-state index contributed by atoms with van der Waals surface area (Å²) in [6, 6.07) is 2.99. The lowest BCUT2D eigenvalue weighted by atomic mass is 10.1. The standard InChI is InChI=1S/C12H9F2NO3/c1-17-10-5-9(12(16)18-2)15-8-4-6(13)3-7(14)11(8)10/h3-5H,1-2H3. The van der Waals surface area contributed by atoms with Gasteiger partial charge in [-0.15, -0.1) is 0 Å². The fourth-order valence-electron chi connectivity index (χ4n) is 1.62. The van der Waals surface area contributed by atoms with Gasteiger partial charge in [-0.3, -0.25) is 0 Å². The summed E-state index contributed by atoms with van der Waals surface area (Å²) in [5.74, 6) is -2.19. The molecule has 0 saturated heterocycles. The summed E-state index contributed by atoms with van der Waals surface area (Å²) in [7, 11) is 2.51. The Kier molecular flexibility index (Phi) is 3.10. The molecular formula is C12H9F2NO3. The third-order valence-electron chi connectivity index (χ3n) is 2.40. The Morgan fingerprint density at radius 2 is 1.94 bits per heavy atom. The average molecular weight is 253 g/mol. The van der Waals surface area contributed by atoms with Crippen molar-refractivity contribution in [3.8, 4) is 5.75 Å². The summed E-state index contributed by atoms with van der Waals surface area (Å²) in [5.41, 5.74) is -0.0842. The smallest absolute Gasteiger partial charge is 0.356 e. The van der Waals surface area contributed by atoms with Gasteiger partial charge in [0.15, 0.2) is 5.69 Å². The first-order valence-electron chi connectivity index (χ1n) is 4.99. The number of esters is 1. The number of aromatic nitrogens is 1. The monoisotopic (exact) mass is 253 g/mol. The first-order valence-corrected chi connectivity index (χ1v) is 4.99. The molecule has 1 aromatic carbocycles. The van der Waals surface area contributed by atoms with E-state index >= 15 is 0 Å². The summed E-state index contributed by atoms with van der Waals surface area (Å²) >= 11 is 0. The van der Waals surface area contributed by atoms with Crippen LogP contribution in [0.1, 0.15) is 10.5 Å². The van der Waals surface area contributed by atoms with Crippen LogP contribution in [0.25, 0.3) is 10.9 Å². The van der Waals surface area contributed by atoms with Crippen LogP contribution in [0, 0.1) is 11.6 Å². The highest BCUT2D eigenvalue weighted by molar-refractivity contribution is 5.94. The number of benzene rings is 1. The van der Waals surface area contributed by atoms with Crippen LogP contribution in [0.5, 0.6) is 5.75 Å². The molecule has 18 heavy (non-hydrogen) atoms. The van der Waals surface area contributed by atoms with Crippen molar-refractivity contribution in [2.75, 3.05) is 14.2 Å². The number of hydrogen-bond donors (Lipinski definition) is 0. The molecular weight excluding hydrogens is 244 g/mol. The minimum atomic E-state index is -0.800. The fourth-order valence-corrected chi connectivity index (χ4v) is 1.62. The zero-order chi connectivity index (χ0) is 13.3.